The minimum Gasteiger partial charge on any atom is -0.369 e. The average Bonchev–Trinajstić information content (AvgIpc) is 2.38. The van der Waals surface area contributed by atoms with Gasteiger partial charge >= 0.3 is 0 Å². The Labute approximate surface area is 115 Å². The molecule has 0 aromatic carbocycles. The first-order valence-corrected chi connectivity index (χ1v) is 7.17. The van der Waals surface area contributed by atoms with E-state index in [0.717, 1.165) is 50.3 Å². The Morgan fingerprint density at radius 3 is 2.53 bits per heavy atom. The molecule has 1 unspecified atom stereocenters. The summed E-state index contributed by atoms with van der Waals surface area (Å²) < 4.78 is 25.4. The highest BCUT2D eigenvalue weighted by Gasteiger charge is 2.16. The lowest BCUT2D eigenvalue weighted by molar-refractivity contribution is 0.145. The summed E-state index contributed by atoms with van der Waals surface area (Å²) in [6.45, 7) is 11.8. The van der Waals surface area contributed by atoms with Crippen molar-refractivity contribution in [1.82, 2.24) is 10.2 Å². The molecule has 2 nitrogen and oxygen atoms in total. The van der Waals surface area contributed by atoms with Crippen molar-refractivity contribution in [3.8, 4) is 0 Å². The maximum atomic E-state index is 12.7. The Morgan fingerprint density at radius 2 is 2.00 bits per heavy atom. The summed E-state index contributed by atoms with van der Waals surface area (Å²) in [5, 5.41) is 3.27. The molecule has 1 atom stereocenters. The van der Waals surface area contributed by atoms with E-state index in [1.54, 1.807) is 0 Å². The molecule has 4 heteroatoms. The number of alkyl halides is 2. The highest BCUT2D eigenvalue weighted by Crippen LogP contribution is 2.25. The zero-order valence-electron chi connectivity index (χ0n) is 12.1. The standard InChI is InChI=1S/C15H26F2N2/c1-4-5-12(2)14(11-15(16)17)10-13(3)19-8-6-18-7-9-19/h10,12,15,18H,3-9,11H2,1-2H3/b14-10-. The second kappa shape index (κ2) is 8.31. The van der Waals surface area contributed by atoms with Crippen molar-refractivity contribution < 1.29 is 8.78 Å². The summed E-state index contributed by atoms with van der Waals surface area (Å²) in [5.41, 5.74) is 1.71. The van der Waals surface area contributed by atoms with E-state index in [9.17, 15) is 8.78 Å². The first-order chi connectivity index (χ1) is 9.04. The van der Waals surface area contributed by atoms with E-state index in [-0.39, 0.29) is 12.3 Å². The molecule has 1 N–H and O–H groups in total. The number of rotatable bonds is 7. The lowest BCUT2D eigenvalue weighted by Crippen LogP contribution is -2.42. The number of halogens is 2. The van der Waals surface area contributed by atoms with Crippen LogP contribution < -0.4 is 5.32 Å². The highest BCUT2D eigenvalue weighted by atomic mass is 19.3. The van der Waals surface area contributed by atoms with Gasteiger partial charge in [-0.15, -0.1) is 0 Å². The lowest BCUT2D eigenvalue weighted by Gasteiger charge is -2.30. The number of nitrogens with one attached hydrogen (secondary N) is 1. The van der Waals surface area contributed by atoms with Crippen LogP contribution in [0.3, 0.4) is 0 Å². The zero-order chi connectivity index (χ0) is 14.3. The fraction of sp³-hybridized carbons (Fsp3) is 0.733. The number of hydrogen-bond acceptors (Lipinski definition) is 2. The number of piperazine rings is 1. The van der Waals surface area contributed by atoms with Gasteiger partial charge in [-0.25, -0.2) is 8.78 Å². The van der Waals surface area contributed by atoms with Crippen molar-refractivity contribution in [1.29, 1.82) is 0 Å². The van der Waals surface area contributed by atoms with Gasteiger partial charge in [-0.2, -0.15) is 0 Å². The van der Waals surface area contributed by atoms with Crippen LogP contribution >= 0.6 is 0 Å². The molecule has 0 amide bonds. The third-order valence-electron chi connectivity index (χ3n) is 3.62. The number of nitrogens with zero attached hydrogens (tertiary/aromatic N) is 1. The first kappa shape index (κ1) is 16.2. The Bertz CT molecular complexity index is 307. The quantitative estimate of drug-likeness (QED) is 0.714. The Hall–Kier alpha value is -0.900. The summed E-state index contributed by atoms with van der Waals surface area (Å²) >= 11 is 0. The highest BCUT2D eigenvalue weighted by molar-refractivity contribution is 5.22. The second-order valence-electron chi connectivity index (χ2n) is 5.23. The fourth-order valence-electron chi connectivity index (χ4n) is 2.46. The Kier molecular flexibility index (Phi) is 7.06. The van der Waals surface area contributed by atoms with Crippen molar-refractivity contribution in [3.63, 3.8) is 0 Å². The van der Waals surface area contributed by atoms with E-state index in [4.69, 9.17) is 0 Å². The smallest absolute Gasteiger partial charge is 0.242 e. The van der Waals surface area contributed by atoms with Gasteiger partial charge in [0.15, 0.2) is 0 Å². The molecule has 0 saturated carbocycles. The molecule has 0 aromatic heterocycles. The van der Waals surface area contributed by atoms with Gasteiger partial charge in [-0.05, 0) is 18.4 Å². The normalized spacial score (nSPS) is 18.8. The van der Waals surface area contributed by atoms with Crippen LogP contribution in [0.15, 0.2) is 23.9 Å². The molecule has 1 saturated heterocycles. The van der Waals surface area contributed by atoms with Crippen molar-refractivity contribution in [2.75, 3.05) is 26.2 Å². The SMILES string of the molecule is C=C(/C=C(/CC(F)F)C(C)CCC)N1CCNCC1. The number of hydrogen-bond donors (Lipinski definition) is 1. The van der Waals surface area contributed by atoms with Crippen LogP contribution in [0.5, 0.6) is 0 Å². The van der Waals surface area contributed by atoms with E-state index in [1.165, 1.54) is 0 Å². The van der Waals surface area contributed by atoms with E-state index in [1.807, 2.05) is 13.0 Å². The summed E-state index contributed by atoms with van der Waals surface area (Å²) in [5.74, 6) is 0.207. The van der Waals surface area contributed by atoms with Crippen LogP contribution in [-0.4, -0.2) is 37.5 Å². The minimum absolute atomic E-state index is 0.133. The van der Waals surface area contributed by atoms with E-state index >= 15 is 0 Å². The van der Waals surface area contributed by atoms with Gasteiger partial charge in [0, 0.05) is 38.3 Å². The van der Waals surface area contributed by atoms with E-state index < -0.39 is 6.43 Å². The molecule has 0 aliphatic carbocycles. The predicted molar refractivity (Wildman–Crippen MR) is 76.4 cm³/mol. The summed E-state index contributed by atoms with van der Waals surface area (Å²) in [4.78, 5) is 2.17. The molecule has 0 radical (unpaired) electrons. The molecular weight excluding hydrogens is 246 g/mol. The fourth-order valence-corrected chi connectivity index (χ4v) is 2.46. The predicted octanol–water partition coefficient (Wildman–Crippen LogP) is 3.42. The topological polar surface area (TPSA) is 15.3 Å². The molecule has 1 fully saturated rings. The molecule has 0 spiro atoms. The monoisotopic (exact) mass is 272 g/mol. The van der Waals surface area contributed by atoms with Gasteiger partial charge < -0.3 is 10.2 Å². The van der Waals surface area contributed by atoms with Crippen LogP contribution in [0.4, 0.5) is 8.78 Å². The largest absolute Gasteiger partial charge is 0.369 e. The molecule has 1 aliphatic heterocycles. The Balaban J connectivity index is 2.70. The molecule has 1 aliphatic rings. The van der Waals surface area contributed by atoms with Gasteiger partial charge in [0.25, 0.3) is 0 Å². The third kappa shape index (κ3) is 5.72. The molecular formula is C15H26F2N2. The van der Waals surface area contributed by atoms with Gasteiger partial charge in [0.05, 0.1) is 0 Å². The van der Waals surface area contributed by atoms with Gasteiger partial charge in [-0.1, -0.05) is 32.4 Å². The zero-order valence-corrected chi connectivity index (χ0v) is 12.1. The molecule has 1 rings (SSSR count). The van der Waals surface area contributed by atoms with E-state index in [0.29, 0.717) is 0 Å². The maximum absolute atomic E-state index is 12.7. The number of allylic oxidation sites excluding steroid dienone is 2. The lowest BCUT2D eigenvalue weighted by atomic mass is 9.93. The van der Waals surface area contributed by atoms with Gasteiger partial charge in [-0.3, -0.25) is 0 Å². The Morgan fingerprint density at radius 1 is 1.37 bits per heavy atom. The molecule has 0 aromatic rings. The minimum atomic E-state index is -2.28. The van der Waals surface area contributed by atoms with Crippen LogP contribution in [-0.2, 0) is 0 Å². The molecule has 1 heterocycles. The first-order valence-electron chi connectivity index (χ1n) is 7.17. The summed E-state index contributed by atoms with van der Waals surface area (Å²) in [6.07, 6.45) is 1.45. The average molecular weight is 272 g/mol. The summed E-state index contributed by atoms with van der Waals surface area (Å²) in [6, 6.07) is 0. The van der Waals surface area contributed by atoms with Crippen LogP contribution in [0, 0.1) is 5.92 Å². The third-order valence-corrected chi connectivity index (χ3v) is 3.62. The molecule has 0 bridgehead atoms. The van der Waals surface area contributed by atoms with Crippen LogP contribution in [0.25, 0.3) is 0 Å². The van der Waals surface area contributed by atoms with Crippen LogP contribution in [0.2, 0.25) is 0 Å². The van der Waals surface area contributed by atoms with Crippen molar-refractivity contribution in [2.45, 2.75) is 39.5 Å². The maximum Gasteiger partial charge on any atom is 0.242 e. The second-order valence-corrected chi connectivity index (χ2v) is 5.23. The summed E-state index contributed by atoms with van der Waals surface area (Å²) in [7, 11) is 0. The van der Waals surface area contributed by atoms with Crippen molar-refractivity contribution in [3.05, 3.63) is 23.9 Å². The van der Waals surface area contributed by atoms with Crippen LogP contribution in [0.1, 0.15) is 33.1 Å². The van der Waals surface area contributed by atoms with E-state index in [2.05, 4.69) is 23.7 Å². The molecule has 110 valence electrons. The van der Waals surface area contributed by atoms with Gasteiger partial charge in [0.2, 0.25) is 6.43 Å². The van der Waals surface area contributed by atoms with Gasteiger partial charge in [0.1, 0.15) is 0 Å². The van der Waals surface area contributed by atoms with Crippen molar-refractivity contribution in [2.24, 2.45) is 5.92 Å². The van der Waals surface area contributed by atoms with Crippen molar-refractivity contribution >= 4 is 0 Å². The molecule has 19 heavy (non-hydrogen) atoms.